The lowest BCUT2D eigenvalue weighted by Crippen LogP contribution is -2.16. The number of aldehydes is 1. The Kier molecular flexibility index (Phi) is 7.33. The Morgan fingerprint density at radius 3 is 2.56 bits per heavy atom. The van der Waals surface area contributed by atoms with E-state index in [9.17, 15) is 9.90 Å². The van der Waals surface area contributed by atoms with Crippen LogP contribution in [0.5, 0.6) is 17.2 Å². The van der Waals surface area contributed by atoms with Gasteiger partial charge in [0.25, 0.3) is 0 Å². The summed E-state index contributed by atoms with van der Waals surface area (Å²) in [7, 11) is 1.69. The van der Waals surface area contributed by atoms with Crippen molar-refractivity contribution in [2.24, 2.45) is 0 Å². The molecule has 0 bridgehead atoms. The van der Waals surface area contributed by atoms with Crippen molar-refractivity contribution in [2.75, 3.05) is 7.11 Å². The maximum atomic E-state index is 11.1. The number of phenols is 1. The number of benzene rings is 2. The molecule has 0 amide bonds. The molecule has 1 atom stereocenters. The molecule has 4 heteroatoms. The Bertz CT molecular complexity index is 681. The third-order valence-electron chi connectivity index (χ3n) is 4.32. The van der Waals surface area contributed by atoms with Crippen LogP contribution in [0.1, 0.15) is 48.5 Å². The number of aryl methyl sites for hydroxylation is 1. The molecular weight excluding hydrogens is 316 g/mol. The Balaban J connectivity index is 1.86. The summed E-state index contributed by atoms with van der Waals surface area (Å²) in [4.78, 5) is 11.1. The van der Waals surface area contributed by atoms with Gasteiger partial charge >= 0.3 is 0 Å². The van der Waals surface area contributed by atoms with Crippen molar-refractivity contribution in [2.45, 2.75) is 45.1 Å². The molecule has 0 fully saturated rings. The summed E-state index contributed by atoms with van der Waals surface area (Å²) in [6, 6.07) is 13.0. The smallest absolute Gasteiger partial charge is 0.157 e. The first-order valence-corrected chi connectivity index (χ1v) is 8.75. The van der Waals surface area contributed by atoms with Gasteiger partial charge in [0.2, 0.25) is 0 Å². The first kappa shape index (κ1) is 18.8. The SMILES string of the molecule is CCC(CCCCc1ccccc1OC)Oc1cccc(O)c1C=O. The molecule has 1 unspecified atom stereocenters. The number of methoxy groups -OCH3 is 1. The second-order valence-electron chi connectivity index (χ2n) is 6.01. The minimum atomic E-state index is -0.0430. The summed E-state index contributed by atoms with van der Waals surface area (Å²) in [6.45, 7) is 2.06. The van der Waals surface area contributed by atoms with Crippen LogP contribution in [0.3, 0.4) is 0 Å². The van der Waals surface area contributed by atoms with Gasteiger partial charge < -0.3 is 14.6 Å². The third kappa shape index (κ3) is 5.24. The maximum Gasteiger partial charge on any atom is 0.157 e. The molecule has 0 aliphatic rings. The molecule has 0 saturated heterocycles. The maximum absolute atomic E-state index is 11.1. The van der Waals surface area contributed by atoms with Gasteiger partial charge in [-0.05, 0) is 55.9 Å². The molecule has 0 aromatic heterocycles. The van der Waals surface area contributed by atoms with E-state index in [2.05, 4.69) is 13.0 Å². The highest BCUT2D eigenvalue weighted by atomic mass is 16.5. The minimum Gasteiger partial charge on any atom is -0.507 e. The number of carbonyl (C=O) groups is 1. The van der Waals surface area contributed by atoms with Gasteiger partial charge in [-0.1, -0.05) is 31.2 Å². The molecule has 25 heavy (non-hydrogen) atoms. The number of unbranched alkanes of at least 4 members (excludes halogenated alkanes) is 1. The van der Waals surface area contributed by atoms with E-state index in [4.69, 9.17) is 9.47 Å². The summed E-state index contributed by atoms with van der Waals surface area (Å²) in [5.41, 5.74) is 1.44. The van der Waals surface area contributed by atoms with Gasteiger partial charge in [0, 0.05) is 0 Å². The van der Waals surface area contributed by atoms with Gasteiger partial charge in [-0.25, -0.2) is 0 Å². The molecule has 0 aliphatic carbocycles. The second-order valence-corrected chi connectivity index (χ2v) is 6.01. The van der Waals surface area contributed by atoms with Gasteiger partial charge in [-0.3, -0.25) is 4.79 Å². The lowest BCUT2D eigenvalue weighted by Gasteiger charge is -2.19. The van der Waals surface area contributed by atoms with E-state index in [1.54, 1.807) is 19.2 Å². The molecule has 1 N–H and O–H groups in total. The largest absolute Gasteiger partial charge is 0.507 e. The summed E-state index contributed by atoms with van der Waals surface area (Å²) >= 11 is 0. The fourth-order valence-corrected chi connectivity index (χ4v) is 2.88. The zero-order chi connectivity index (χ0) is 18.1. The molecule has 0 radical (unpaired) electrons. The average Bonchev–Trinajstić information content (AvgIpc) is 2.64. The van der Waals surface area contributed by atoms with Crippen LogP contribution in [0.2, 0.25) is 0 Å². The number of hydrogen-bond donors (Lipinski definition) is 1. The van der Waals surface area contributed by atoms with Crippen LogP contribution >= 0.6 is 0 Å². The first-order valence-electron chi connectivity index (χ1n) is 8.75. The molecule has 0 spiro atoms. The molecular formula is C21H26O4. The normalized spacial score (nSPS) is 11.8. The van der Waals surface area contributed by atoms with Crippen molar-refractivity contribution in [3.8, 4) is 17.2 Å². The van der Waals surface area contributed by atoms with E-state index in [0.29, 0.717) is 12.0 Å². The van der Waals surface area contributed by atoms with Crippen molar-refractivity contribution in [1.82, 2.24) is 0 Å². The zero-order valence-electron chi connectivity index (χ0n) is 14.9. The van der Waals surface area contributed by atoms with Crippen LogP contribution in [-0.2, 0) is 6.42 Å². The molecule has 0 saturated carbocycles. The van der Waals surface area contributed by atoms with Gasteiger partial charge in [0.15, 0.2) is 6.29 Å². The van der Waals surface area contributed by atoms with Crippen molar-refractivity contribution in [3.05, 3.63) is 53.6 Å². The molecule has 4 nitrogen and oxygen atoms in total. The summed E-state index contributed by atoms with van der Waals surface area (Å²) in [5, 5.41) is 9.74. The number of carbonyl (C=O) groups excluding carboxylic acids is 1. The fourth-order valence-electron chi connectivity index (χ4n) is 2.88. The van der Waals surface area contributed by atoms with Crippen LogP contribution in [0.15, 0.2) is 42.5 Å². The van der Waals surface area contributed by atoms with Gasteiger partial charge in [-0.2, -0.15) is 0 Å². The zero-order valence-corrected chi connectivity index (χ0v) is 14.9. The topological polar surface area (TPSA) is 55.8 Å². The Morgan fingerprint density at radius 1 is 1.08 bits per heavy atom. The van der Waals surface area contributed by atoms with Crippen molar-refractivity contribution < 1.29 is 19.4 Å². The predicted molar refractivity (Wildman–Crippen MR) is 98.8 cm³/mol. The monoisotopic (exact) mass is 342 g/mol. The molecule has 2 aromatic carbocycles. The highest BCUT2D eigenvalue weighted by Gasteiger charge is 2.13. The van der Waals surface area contributed by atoms with Crippen molar-refractivity contribution in [3.63, 3.8) is 0 Å². The van der Waals surface area contributed by atoms with Gasteiger partial charge in [0.05, 0.1) is 18.8 Å². The molecule has 2 aromatic rings. The van der Waals surface area contributed by atoms with Crippen LogP contribution in [-0.4, -0.2) is 24.6 Å². The van der Waals surface area contributed by atoms with E-state index in [0.717, 1.165) is 37.9 Å². The lowest BCUT2D eigenvalue weighted by molar-refractivity contribution is 0.111. The summed E-state index contributed by atoms with van der Waals surface area (Å²) < 4.78 is 11.3. The van der Waals surface area contributed by atoms with Gasteiger partial charge in [0.1, 0.15) is 17.2 Å². The number of rotatable bonds is 10. The van der Waals surface area contributed by atoms with E-state index in [-0.39, 0.29) is 17.4 Å². The van der Waals surface area contributed by atoms with E-state index in [1.807, 2.05) is 18.2 Å². The predicted octanol–water partition coefficient (Wildman–Crippen LogP) is 4.78. The summed E-state index contributed by atoms with van der Waals surface area (Å²) in [5.74, 6) is 1.34. The second kappa shape index (κ2) is 9.72. The number of para-hydroxylation sites is 1. The number of phenolic OH excluding ortho intramolecular Hbond substituents is 1. The Hall–Kier alpha value is -2.49. The van der Waals surface area contributed by atoms with Crippen LogP contribution < -0.4 is 9.47 Å². The summed E-state index contributed by atoms with van der Waals surface area (Å²) in [6.07, 6.45) is 5.44. The molecule has 0 heterocycles. The average molecular weight is 342 g/mol. The highest BCUT2D eigenvalue weighted by Crippen LogP contribution is 2.28. The molecule has 0 aliphatic heterocycles. The molecule has 134 valence electrons. The van der Waals surface area contributed by atoms with E-state index >= 15 is 0 Å². The lowest BCUT2D eigenvalue weighted by atomic mass is 10.0. The fraction of sp³-hybridized carbons (Fsp3) is 0.381. The minimum absolute atomic E-state index is 0.0261. The standard InChI is InChI=1S/C21H26O4/c1-3-17(25-21-14-8-12-19(23)18(21)15-22)11-6-4-9-16-10-5-7-13-20(16)24-2/h5,7-8,10,12-15,17,23H,3-4,6,9,11H2,1-2H3. The third-order valence-corrected chi connectivity index (χ3v) is 4.32. The number of ether oxygens (including phenoxy) is 2. The van der Waals surface area contributed by atoms with Crippen molar-refractivity contribution >= 4 is 6.29 Å². The van der Waals surface area contributed by atoms with E-state index in [1.165, 1.54) is 11.6 Å². The Morgan fingerprint density at radius 2 is 1.84 bits per heavy atom. The quantitative estimate of drug-likeness (QED) is 0.498. The Labute approximate surface area is 149 Å². The highest BCUT2D eigenvalue weighted by molar-refractivity contribution is 5.83. The van der Waals surface area contributed by atoms with Crippen molar-refractivity contribution in [1.29, 1.82) is 0 Å². The number of aromatic hydroxyl groups is 1. The first-order chi connectivity index (χ1) is 12.2. The van der Waals surface area contributed by atoms with Crippen LogP contribution in [0, 0.1) is 0 Å². The number of hydrogen-bond acceptors (Lipinski definition) is 4. The van der Waals surface area contributed by atoms with Gasteiger partial charge in [-0.15, -0.1) is 0 Å². The van der Waals surface area contributed by atoms with E-state index < -0.39 is 0 Å². The van der Waals surface area contributed by atoms with Crippen LogP contribution in [0.25, 0.3) is 0 Å². The van der Waals surface area contributed by atoms with Crippen LogP contribution in [0.4, 0.5) is 0 Å². The molecule has 2 rings (SSSR count).